The normalized spacial score (nSPS) is 11.4. The van der Waals surface area contributed by atoms with Gasteiger partial charge in [0.05, 0.1) is 17.4 Å². The van der Waals surface area contributed by atoms with E-state index in [2.05, 4.69) is 40.6 Å². The minimum absolute atomic E-state index is 0.509. The van der Waals surface area contributed by atoms with Crippen LogP contribution in [0.2, 0.25) is 0 Å². The Morgan fingerprint density at radius 3 is 2.94 bits per heavy atom. The van der Waals surface area contributed by atoms with Crippen LogP contribution in [-0.2, 0) is 6.54 Å². The molecule has 0 aliphatic carbocycles. The molecule has 2 aromatic heterocycles. The molecule has 3 aromatic rings. The molecule has 0 unspecified atom stereocenters. The summed E-state index contributed by atoms with van der Waals surface area (Å²) < 4.78 is 2.14. The number of aromatic nitrogens is 2. The van der Waals surface area contributed by atoms with Gasteiger partial charge in [-0.15, -0.1) is 0 Å². The Hall–Kier alpha value is -1.87. The predicted molar refractivity (Wildman–Crippen MR) is 65.3 cm³/mol. The maximum Gasteiger partial charge on any atom is 0.137 e. The van der Waals surface area contributed by atoms with E-state index in [9.17, 15) is 0 Å². The topological polar surface area (TPSA) is 43.3 Å². The maximum atomic E-state index is 5.74. The first-order valence-electron chi connectivity index (χ1n) is 5.36. The molecule has 0 aliphatic rings. The van der Waals surface area contributed by atoms with Gasteiger partial charge in [0.1, 0.15) is 5.65 Å². The molecule has 80 valence electrons. The molecular formula is C13H13N3. The van der Waals surface area contributed by atoms with Gasteiger partial charge in [0, 0.05) is 6.54 Å². The van der Waals surface area contributed by atoms with Crippen molar-refractivity contribution >= 4 is 16.6 Å². The van der Waals surface area contributed by atoms with Gasteiger partial charge >= 0.3 is 0 Å². The van der Waals surface area contributed by atoms with Gasteiger partial charge < -0.3 is 5.73 Å². The summed E-state index contributed by atoms with van der Waals surface area (Å²) in [6, 6.07) is 10.4. The third kappa shape index (κ3) is 1.15. The number of nitrogens with two attached hydrogens (primary N) is 1. The second-order valence-corrected chi connectivity index (χ2v) is 3.99. The molecule has 2 N–H and O–H groups in total. The van der Waals surface area contributed by atoms with Crippen molar-refractivity contribution in [2.45, 2.75) is 13.5 Å². The molecule has 0 fully saturated rings. The molecule has 0 amide bonds. The number of hydrogen-bond acceptors (Lipinski definition) is 2. The smallest absolute Gasteiger partial charge is 0.137 e. The molecule has 16 heavy (non-hydrogen) atoms. The van der Waals surface area contributed by atoms with Gasteiger partial charge in [0.15, 0.2) is 0 Å². The fourth-order valence-corrected chi connectivity index (χ4v) is 2.21. The lowest BCUT2D eigenvalue weighted by molar-refractivity contribution is 0.977. The monoisotopic (exact) mass is 211 g/mol. The second-order valence-electron chi connectivity index (χ2n) is 3.99. The minimum atomic E-state index is 0.509. The van der Waals surface area contributed by atoms with Crippen LogP contribution in [0.4, 0.5) is 0 Å². The third-order valence-corrected chi connectivity index (χ3v) is 2.98. The molecule has 0 radical (unpaired) electrons. The lowest BCUT2D eigenvalue weighted by Gasteiger charge is -2.07. The van der Waals surface area contributed by atoms with Gasteiger partial charge in [-0.2, -0.15) is 0 Å². The van der Waals surface area contributed by atoms with Crippen LogP contribution in [0.1, 0.15) is 11.3 Å². The van der Waals surface area contributed by atoms with Gasteiger partial charge in [-0.3, -0.25) is 4.40 Å². The van der Waals surface area contributed by atoms with Crippen LogP contribution in [0.5, 0.6) is 0 Å². The first-order valence-corrected chi connectivity index (χ1v) is 5.36. The number of fused-ring (bicyclic) bond motifs is 3. The number of hydrogen-bond donors (Lipinski definition) is 1. The number of imidazole rings is 1. The predicted octanol–water partition coefficient (Wildman–Crippen LogP) is 2.25. The van der Waals surface area contributed by atoms with E-state index in [-0.39, 0.29) is 0 Å². The van der Waals surface area contributed by atoms with Gasteiger partial charge in [-0.25, -0.2) is 4.98 Å². The van der Waals surface area contributed by atoms with Crippen molar-refractivity contribution in [3.8, 4) is 0 Å². The fraction of sp³-hybridized carbons (Fsp3) is 0.154. The van der Waals surface area contributed by atoms with Crippen LogP contribution in [0.25, 0.3) is 16.6 Å². The fourth-order valence-electron chi connectivity index (χ4n) is 2.21. The number of rotatable bonds is 1. The Morgan fingerprint density at radius 1 is 1.25 bits per heavy atom. The van der Waals surface area contributed by atoms with Crippen molar-refractivity contribution in [1.29, 1.82) is 0 Å². The first kappa shape index (κ1) is 9.36. The van der Waals surface area contributed by atoms with Crippen molar-refractivity contribution < 1.29 is 0 Å². The van der Waals surface area contributed by atoms with Crippen molar-refractivity contribution in [2.75, 3.05) is 0 Å². The molecule has 1 aromatic carbocycles. The second kappa shape index (κ2) is 3.32. The Morgan fingerprint density at radius 2 is 2.12 bits per heavy atom. The van der Waals surface area contributed by atoms with Crippen LogP contribution < -0.4 is 5.73 Å². The average Bonchev–Trinajstić information content (AvgIpc) is 2.72. The standard InChI is InChI=1S/C13H13N3/c1-9-3-2-4-10-5-6-12-15-8-11(7-14)16(12)13(9)10/h2-6,8H,7,14H2,1H3. The first-order chi connectivity index (χ1) is 7.81. The summed E-state index contributed by atoms with van der Waals surface area (Å²) in [6.07, 6.45) is 1.85. The molecular weight excluding hydrogens is 198 g/mol. The molecule has 3 rings (SSSR count). The number of para-hydroxylation sites is 1. The zero-order chi connectivity index (χ0) is 11.1. The Labute approximate surface area is 93.5 Å². The molecule has 3 heteroatoms. The Bertz CT molecular complexity index is 667. The summed E-state index contributed by atoms with van der Waals surface area (Å²) in [5.74, 6) is 0. The zero-order valence-electron chi connectivity index (χ0n) is 9.14. The van der Waals surface area contributed by atoms with Crippen molar-refractivity contribution in [2.24, 2.45) is 5.73 Å². The van der Waals surface area contributed by atoms with Crippen LogP contribution >= 0.6 is 0 Å². The Kier molecular flexibility index (Phi) is 1.94. The van der Waals surface area contributed by atoms with E-state index in [1.54, 1.807) is 0 Å². The van der Waals surface area contributed by atoms with Crippen molar-refractivity contribution in [3.05, 3.63) is 47.8 Å². The van der Waals surface area contributed by atoms with E-state index >= 15 is 0 Å². The molecule has 3 nitrogen and oxygen atoms in total. The highest BCUT2D eigenvalue weighted by Crippen LogP contribution is 2.21. The van der Waals surface area contributed by atoms with Gasteiger partial charge in [-0.1, -0.05) is 18.2 Å². The van der Waals surface area contributed by atoms with Gasteiger partial charge in [0.2, 0.25) is 0 Å². The summed E-state index contributed by atoms with van der Waals surface area (Å²) in [5, 5.41) is 1.22. The highest BCUT2D eigenvalue weighted by atomic mass is 15.0. The average molecular weight is 211 g/mol. The molecule has 0 spiro atoms. The quantitative estimate of drug-likeness (QED) is 0.671. The van der Waals surface area contributed by atoms with E-state index in [4.69, 9.17) is 5.73 Å². The SMILES string of the molecule is Cc1cccc2ccc3ncc(CN)n3c12. The summed E-state index contributed by atoms with van der Waals surface area (Å²) in [5.41, 5.74) is 10.2. The number of benzene rings is 1. The molecule has 0 atom stereocenters. The van der Waals surface area contributed by atoms with Crippen LogP contribution in [0.3, 0.4) is 0 Å². The van der Waals surface area contributed by atoms with E-state index in [0.29, 0.717) is 6.54 Å². The molecule has 0 bridgehead atoms. The van der Waals surface area contributed by atoms with Crippen LogP contribution in [0.15, 0.2) is 36.5 Å². The van der Waals surface area contributed by atoms with Crippen LogP contribution in [-0.4, -0.2) is 9.38 Å². The lowest BCUT2D eigenvalue weighted by Crippen LogP contribution is -2.02. The van der Waals surface area contributed by atoms with Gasteiger partial charge in [-0.05, 0) is 30.0 Å². The molecule has 0 aliphatic heterocycles. The minimum Gasteiger partial charge on any atom is -0.325 e. The number of nitrogens with zero attached hydrogens (tertiary/aromatic N) is 2. The number of aryl methyl sites for hydroxylation is 1. The molecule has 2 heterocycles. The lowest BCUT2D eigenvalue weighted by atomic mass is 10.1. The van der Waals surface area contributed by atoms with E-state index in [1.807, 2.05) is 12.3 Å². The highest BCUT2D eigenvalue weighted by molar-refractivity contribution is 5.85. The summed E-state index contributed by atoms with van der Waals surface area (Å²) in [4.78, 5) is 4.36. The summed E-state index contributed by atoms with van der Waals surface area (Å²) >= 11 is 0. The highest BCUT2D eigenvalue weighted by Gasteiger charge is 2.06. The van der Waals surface area contributed by atoms with E-state index in [0.717, 1.165) is 11.3 Å². The largest absolute Gasteiger partial charge is 0.325 e. The third-order valence-electron chi connectivity index (χ3n) is 2.98. The van der Waals surface area contributed by atoms with Crippen molar-refractivity contribution in [1.82, 2.24) is 9.38 Å². The summed E-state index contributed by atoms with van der Waals surface area (Å²) in [6.45, 7) is 2.62. The van der Waals surface area contributed by atoms with Gasteiger partial charge in [0.25, 0.3) is 0 Å². The van der Waals surface area contributed by atoms with Crippen molar-refractivity contribution in [3.63, 3.8) is 0 Å². The maximum absolute atomic E-state index is 5.74. The van der Waals surface area contributed by atoms with Crippen LogP contribution in [0, 0.1) is 6.92 Å². The Balaban J connectivity index is 2.60. The summed E-state index contributed by atoms with van der Waals surface area (Å²) in [7, 11) is 0. The zero-order valence-corrected chi connectivity index (χ0v) is 9.14. The number of pyridine rings is 1. The molecule has 0 saturated heterocycles. The van der Waals surface area contributed by atoms with E-state index in [1.165, 1.54) is 16.5 Å². The van der Waals surface area contributed by atoms with E-state index < -0.39 is 0 Å². The molecule has 0 saturated carbocycles.